The summed E-state index contributed by atoms with van der Waals surface area (Å²) < 4.78 is 37.5. The molecule has 98 valence electrons. The number of nitrogens with zero attached hydrogens (tertiary/aromatic N) is 3. The Labute approximate surface area is 100 Å². The van der Waals surface area contributed by atoms with Gasteiger partial charge in [0.15, 0.2) is 5.69 Å². The zero-order chi connectivity index (χ0) is 13.3. The number of halogens is 3. The van der Waals surface area contributed by atoms with E-state index in [1.54, 1.807) is 0 Å². The van der Waals surface area contributed by atoms with Crippen molar-refractivity contribution in [3.63, 3.8) is 0 Å². The van der Waals surface area contributed by atoms with Crippen molar-refractivity contribution in [1.29, 1.82) is 0 Å². The molecular formula is C10H10F3N3O2. The van der Waals surface area contributed by atoms with Gasteiger partial charge in [-0.05, 0) is 25.6 Å². The number of hydrogen-bond donors (Lipinski definition) is 1. The molecule has 1 aliphatic heterocycles. The maximum Gasteiger partial charge on any atom is 0.451 e. The highest BCUT2D eigenvalue weighted by atomic mass is 19.4. The molecule has 1 N–H and O–H groups in total. The summed E-state index contributed by atoms with van der Waals surface area (Å²) in [5, 5.41) is 8.73. The summed E-state index contributed by atoms with van der Waals surface area (Å²) in [4.78, 5) is 19.0. The van der Waals surface area contributed by atoms with E-state index < -0.39 is 23.7 Å². The first-order chi connectivity index (χ1) is 8.36. The average Bonchev–Trinajstić information content (AvgIpc) is 2.22. The molecule has 0 spiro atoms. The minimum absolute atomic E-state index is 0.0782. The monoisotopic (exact) mass is 261 g/mol. The standard InChI is InChI=1S/C10H10F3N3O2/c11-10(12,13)9-14-6(5-16-2-1-3-16)4-7(15-9)8(17)18/h4H,1-3,5H2,(H,17,18). The maximum absolute atomic E-state index is 12.5. The third-order valence-electron chi connectivity index (χ3n) is 2.59. The zero-order valence-electron chi connectivity index (χ0n) is 9.24. The molecule has 0 atom stereocenters. The molecule has 1 aliphatic rings. The first-order valence-electron chi connectivity index (χ1n) is 5.27. The molecule has 1 saturated heterocycles. The van der Waals surface area contributed by atoms with Crippen LogP contribution in [-0.2, 0) is 12.7 Å². The Kier molecular flexibility index (Phi) is 3.20. The van der Waals surface area contributed by atoms with Crippen LogP contribution in [-0.4, -0.2) is 39.0 Å². The minimum atomic E-state index is -4.74. The van der Waals surface area contributed by atoms with E-state index in [0.29, 0.717) is 0 Å². The van der Waals surface area contributed by atoms with Crippen molar-refractivity contribution < 1.29 is 23.1 Å². The smallest absolute Gasteiger partial charge is 0.451 e. The summed E-state index contributed by atoms with van der Waals surface area (Å²) in [5.74, 6) is -2.90. The topological polar surface area (TPSA) is 66.3 Å². The number of carbonyl (C=O) groups is 1. The normalized spacial score (nSPS) is 16.4. The molecule has 0 saturated carbocycles. The number of aromatic carboxylic acids is 1. The second-order valence-corrected chi connectivity index (χ2v) is 4.00. The molecule has 18 heavy (non-hydrogen) atoms. The van der Waals surface area contributed by atoms with Crippen molar-refractivity contribution >= 4 is 5.97 Å². The van der Waals surface area contributed by atoms with Crippen LogP contribution in [0, 0.1) is 0 Å². The van der Waals surface area contributed by atoms with Crippen LogP contribution >= 0.6 is 0 Å². The van der Waals surface area contributed by atoms with Crippen LogP contribution in [0.15, 0.2) is 6.07 Å². The van der Waals surface area contributed by atoms with E-state index >= 15 is 0 Å². The van der Waals surface area contributed by atoms with Gasteiger partial charge in [-0.2, -0.15) is 13.2 Å². The highest BCUT2D eigenvalue weighted by Crippen LogP contribution is 2.26. The number of alkyl halides is 3. The lowest BCUT2D eigenvalue weighted by atomic mass is 10.2. The lowest BCUT2D eigenvalue weighted by Crippen LogP contribution is -2.36. The largest absolute Gasteiger partial charge is 0.477 e. The van der Waals surface area contributed by atoms with E-state index in [-0.39, 0.29) is 12.2 Å². The van der Waals surface area contributed by atoms with Gasteiger partial charge in [0.1, 0.15) is 0 Å². The molecule has 5 nitrogen and oxygen atoms in total. The summed E-state index contributed by atoms with van der Waals surface area (Å²) in [6.45, 7) is 1.79. The van der Waals surface area contributed by atoms with Crippen molar-refractivity contribution in [3.05, 3.63) is 23.3 Å². The van der Waals surface area contributed by atoms with Gasteiger partial charge >= 0.3 is 12.1 Å². The van der Waals surface area contributed by atoms with Crippen molar-refractivity contribution in [1.82, 2.24) is 14.9 Å². The summed E-state index contributed by atoms with van der Waals surface area (Å²) in [6.07, 6.45) is -3.75. The van der Waals surface area contributed by atoms with Gasteiger partial charge in [0.2, 0.25) is 5.82 Å². The second kappa shape index (κ2) is 4.52. The van der Waals surface area contributed by atoms with Gasteiger partial charge in [-0.1, -0.05) is 0 Å². The maximum atomic E-state index is 12.5. The quantitative estimate of drug-likeness (QED) is 0.890. The van der Waals surface area contributed by atoms with Gasteiger partial charge in [-0.3, -0.25) is 4.90 Å². The van der Waals surface area contributed by atoms with Crippen molar-refractivity contribution in [2.24, 2.45) is 0 Å². The number of carboxylic acid groups (broad SMARTS) is 1. The molecule has 0 radical (unpaired) electrons. The van der Waals surface area contributed by atoms with Crippen LogP contribution in [0.5, 0.6) is 0 Å². The van der Waals surface area contributed by atoms with Crippen LogP contribution in [0.25, 0.3) is 0 Å². The lowest BCUT2D eigenvalue weighted by molar-refractivity contribution is -0.145. The highest BCUT2D eigenvalue weighted by Gasteiger charge is 2.36. The predicted octanol–water partition coefficient (Wildman–Crippen LogP) is 1.40. The van der Waals surface area contributed by atoms with Crippen LogP contribution < -0.4 is 0 Å². The van der Waals surface area contributed by atoms with Crippen molar-refractivity contribution in [2.75, 3.05) is 13.1 Å². The SMILES string of the molecule is O=C(O)c1cc(CN2CCC2)nc(C(F)(F)F)n1. The first-order valence-corrected chi connectivity index (χ1v) is 5.27. The van der Waals surface area contributed by atoms with E-state index in [4.69, 9.17) is 5.11 Å². The Morgan fingerprint density at radius 1 is 1.39 bits per heavy atom. The second-order valence-electron chi connectivity index (χ2n) is 4.00. The van der Waals surface area contributed by atoms with Gasteiger partial charge in [0, 0.05) is 6.54 Å². The molecular weight excluding hydrogens is 251 g/mol. The lowest BCUT2D eigenvalue weighted by Gasteiger charge is -2.30. The van der Waals surface area contributed by atoms with Gasteiger partial charge < -0.3 is 5.11 Å². The number of rotatable bonds is 3. The van der Waals surface area contributed by atoms with Crippen molar-refractivity contribution in [2.45, 2.75) is 19.1 Å². The first kappa shape index (κ1) is 12.7. The molecule has 0 bridgehead atoms. The molecule has 0 aliphatic carbocycles. The Morgan fingerprint density at radius 2 is 2.06 bits per heavy atom. The van der Waals surface area contributed by atoms with Crippen LogP contribution in [0.2, 0.25) is 0 Å². The van der Waals surface area contributed by atoms with Crippen LogP contribution in [0.3, 0.4) is 0 Å². The van der Waals surface area contributed by atoms with E-state index in [9.17, 15) is 18.0 Å². The Balaban J connectivity index is 2.32. The molecule has 2 heterocycles. The zero-order valence-corrected chi connectivity index (χ0v) is 9.24. The summed E-state index contributed by atoms with van der Waals surface area (Å²) in [7, 11) is 0. The number of carboxylic acids is 1. The molecule has 0 aromatic carbocycles. The van der Waals surface area contributed by atoms with Gasteiger partial charge in [-0.25, -0.2) is 14.8 Å². The molecule has 1 aromatic rings. The summed E-state index contributed by atoms with van der Waals surface area (Å²) in [6, 6.07) is 1.08. The van der Waals surface area contributed by atoms with E-state index in [1.807, 2.05) is 4.90 Å². The average molecular weight is 261 g/mol. The Hall–Kier alpha value is -1.70. The minimum Gasteiger partial charge on any atom is -0.477 e. The third-order valence-corrected chi connectivity index (χ3v) is 2.59. The van der Waals surface area contributed by atoms with Crippen LogP contribution in [0.1, 0.15) is 28.4 Å². The Bertz CT molecular complexity index is 472. The predicted molar refractivity (Wildman–Crippen MR) is 53.9 cm³/mol. The van der Waals surface area contributed by atoms with E-state index in [0.717, 1.165) is 25.6 Å². The fourth-order valence-electron chi connectivity index (χ4n) is 1.58. The molecule has 0 amide bonds. The molecule has 8 heteroatoms. The Morgan fingerprint density at radius 3 is 2.50 bits per heavy atom. The van der Waals surface area contributed by atoms with Gasteiger partial charge in [-0.15, -0.1) is 0 Å². The summed E-state index contributed by atoms with van der Waals surface area (Å²) in [5.41, 5.74) is -0.553. The van der Waals surface area contributed by atoms with Gasteiger partial charge in [0.05, 0.1) is 5.69 Å². The molecule has 0 unspecified atom stereocenters. The number of hydrogen-bond acceptors (Lipinski definition) is 4. The fraction of sp³-hybridized carbons (Fsp3) is 0.500. The van der Waals surface area contributed by atoms with Gasteiger partial charge in [0.25, 0.3) is 0 Å². The molecule has 2 rings (SSSR count). The molecule has 1 aromatic heterocycles. The van der Waals surface area contributed by atoms with Crippen molar-refractivity contribution in [3.8, 4) is 0 Å². The summed E-state index contributed by atoms with van der Waals surface area (Å²) >= 11 is 0. The number of likely N-dealkylation sites (tertiary alicyclic amines) is 1. The van der Waals surface area contributed by atoms with E-state index in [2.05, 4.69) is 9.97 Å². The van der Waals surface area contributed by atoms with E-state index in [1.165, 1.54) is 0 Å². The highest BCUT2D eigenvalue weighted by molar-refractivity contribution is 5.85. The van der Waals surface area contributed by atoms with Crippen LogP contribution in [0.4, 0.5) is 13.2 Å². The number of aromatic nitrogens is 2. The molecule has 1 fully saturated rings. The third kappa shape index (κ3) is 2.76. The fourth-order valence-corrected chi connectivity index (χ4v) is 1.58.